The molecule has 1 saturated heterocycles. The van der Waals surface area contributed by atoms with Crippen LogP contribution in [0.15, 0.2) is 29.3 Å². The number of guanidine groups is 1. The maximum absolute atomic E-state index is 5.73. The molecule has 1 aromatic carbocycles. The summed E-state index contributed by atoms with van der Waals surface area (Å²) in [5.74, 6) is 4.99. The van der Waals surface area contributed by atoms with E-state index in [1.807, 2.05) is 43.1 Å². The Bertz CT molecular complexity index is 496. The van der Waals surface area contributed by atoms with Crippen LogP contribution in [-0.2, 0) is 0 Å². The summed E-state index contributed by atoms with van der Waals surface area (Å²) in [7, 11) is 3.48. The Labute approximate surface area is 166 Å². The maximum Gasteiger partial charge on any atom is 0.191 e. The molecule has 0 spiro atoms. The minimum Gasteiger partial charge on any atom is -0.497 e. The van der Waals surface area contributed by atoms with Crippen molar-refractivity contribution in [2.45, 2.75) is 25.3 Å². The third-order valence-electron chi connectivity index (χ3n) is 3.65. The zero-order valence-electron chi connectivity index (χ0n) is 14.4. The number of hydrogen-bond donors (Lipinski definition) is 2. The van der Waals surface area contributed by atoms with Gasteiger partial charge in [-0.15, -0.1) is 24.0 Å². The Morgan fingerprint density at radius 2 is 2.21 bits per heavy atom. The van der Waals surface area contributed by atoms with Gasteiger partial charge in [0.15, 0.2) is 5.96 Å². The van der Waals surface area contributed by atoms with Crippen LogP contribution in [0.3, 0.4) is 0 Å². The van der Waals surface area contributed by atoms with Gasteiger partial charge in [-0.3, -0.25) is 4.99 Å². The molecule has 1 aromatic rings. The van der Waals surface area contributed by atoms with Crippen LogP contribution in [0.5, 0.6) is 11.5 Å². The summed E-state index contributed by atoms with van der Waals surface area (Å²) < 4.78 is 10.9. The van der Waals surface area contributed by atoms with Gasteiger partial charge in [-0.05, 0) is 37.1 Å². The van der Waals surface area contributed by atoms with Crippen LogP contribution in [0.2, 0.25) is 0 Å². The molecule has 0 radical (unpaired) electrons. The molecule has 1 aliphatic rings. The normalized spacial score (nSPS) is 17.6. The van der Waals surface area contributed by atoms with Gasteiger partial charge in [0.25, 0.3) is 0 Å². The first-order chi connectivity index (χ1) is 11.3. The average Bonchev–Trinajstić information content (AvgIpc) is 2.61. The molecule has 2 N–H and O–H groups in total. The monoisotopic (exact) mass is 465 g/mol. The summed E-state index contributed by atoms with van der Waals surface area (Å²) in [6.07, 6.45) is 3.43. The molecule has 1 atom stereocenters. The third kappa shape index (κ3) is 7.83. The highest BCUT2D eigenvalue weighted by molar-refractivity contribution is 14.0. The molecule has 7 heteroatoms. The number of halogens is 1. The van der Waals surface area contributed by atoms with E-state index in [4.69, 9.17) is 9.47 Å². The van der Waals surface area contributed by atoms with Crippen LogP contribution >= 0.6 is 35.7 Å². The fourth-order valence-corrected chi connectivity index (χ4v) is 3.47. The lowest BCUT2D eigenvalue weighted by molar-refractivity contribution is 0.308. The van der Waals surface area contributed by atoms with Crippen LogP contribution < -0.4 is 20.1 Å². The quantitative estimate of drug-likeness (QED) is 0.281. The Kier molecular flexibility index (Phi) is 11.1. The molecule has 24 heavy (non-hydrogen) atoms. The van der Waals surface area contributed by atoms with E-state index in [9.17, 15) is 0 Å². The highest BCUT2D eigenvalue weighted by Crippen LogP contribution is 2.19. The molecule has 0 bridgehead atoms. The first-order valence-corrected chi connectivity index (χ1v) is 9.29. The first kappa shape index (κ1) is 21.2. The number of benzene rings is 1. The van der Waals surface area contributed by atoms with Crippen molar-refractivity contribution in [2.75, 3.05) is 38.8 Å². The molecular formula is C17H28IN3O2S. The molecule has 1 aliphatic heterocycles. The lowest BCUT2D eigenvalue weighted by Crippen LogP contribution is -2.45. The highest BCUT2D eigenvalue weighted by atomic mass is 127. The number of rotatable bonds is 7. The second-order valence-corrected chi connectivity index (χ2v) is 6.59. The molecule has 5 nitrogen and oxygen atoms in total. The maximum atomic E-state index is 5.73. The van der Waals surface area contributed by atoms with Crippen molar-refractivity contribution in [3.05, 3.63) is 24.3 Å². The van der Waals surface area contributed by atoms with Crippen LogP contribution in [-0.4, -0.2) is 50.8 Å². The average molecular weight is 465 g/mol. The molecule has 0 amide bonds. The van der Waals surface area contributed by atoms with Gasteiger partial charge >= 0.3 is 0 Å². The number of aliphatic imine (C=N–C) groups is 1. The lowest BCUT2D eigenvalue weighted by atomic mass is 10.2. The van der Waals surface area contributed by atoms with E-state index in [1.165, 1.54) is 24.3 Å². The molecule has 2 rings (SSSR count). The SMILES string of the molecule is CN=C(NCCCOc1cccc(OC)c1)NC1CCCSC1.I. The predicted molar refractivity (Wildman–Crippen MR) is 113 cm³/mol. The zero-order valence-corrected chi connectivity index (χ0v) is 17.6. The highest BCUT2D eigenvalue weighted by Gasteiger charge is 2.14. The summed E-state index contributed by atoms with van der Waals surface area (Å²) >= 11 is 2.01. The Hall–Kier alpha value is -0.830. The fourth-order valence-electron chi connectivity index (χ4n) is 2.40. The summed E-state index contributed by atoms with van der Waals surface area (Å²) in [5, 5.41) is 6.84. The van der Waals surface area contributed by atoms with E-state index in [2.05, 4.69) is 15.6 Å². The van der Waals surface area contributed by atoms with Crippen molar-refractivity contribution >= 4 is 41.7 Å². The molecular weight excluding hydrogens is 437 g/mol. The van der Waals surface area contributed by atoms with Gasteiger partial charge in [0.05, 0.1) is 13.7 Å². The van der Waals surface area contributed by atoms with E-state index in [1.54, 1.807) is 7.11 Å². The van der Waals surface area contributed by atoms with Gasteiger partial charge in [-0.25, -0.2) is 0 Å². The topological polar surface area (TPSA) is 54.9 Å². The lowest BCUT2D eigenvalue weighted by Gasteiger charge is -2.24. The van der Waals surface area contributed by atoms with E-state index >= 15 is 0 Å². The van der Waals surface area contributed by atoms with Crippen LogP contribution in [0.1, 0.15) is 19.3 Å². The van der Waals surface area contributed by atoms with Gasteiger partial charge in [0.2, 0.25) is 0 Å². The summed E-state index contributed by atoms with van der Waals surface area (Å²) in [4.78, 5) is 4.29. The zero-order chi connectivity index (χ0) is 16.3. The predicted octanol–water partition coefficient (Wildman–Crippen LogP) is 3.14. The van der Waals surface area contributed by atoms with Gasteiger partial charge < -0.3 is 20.1 Å². The molecule has 0 aliphatic carbocycles. The van der Waals surface area contributed by atoms with Crippen molar-refractivity contribution in [3.63, 3.8) is 0 Å². The van der Waals surface area contributed by atoms with E-state index < -0.39 is 0 Å². The van der Waals surface area contributed by atoms with Crippen molar-refractivity contribution < 1.29 is 9.47 Å². The number of nitrogens with zero attached hydrogens (tertiary/aromatic N) is 1. The summed E-state index contributed by atoms with van der Waals surface area (Å²) in [6, 6.07) is 8.22. The molecule has 0 aromatic heterocycles. The van der Waals surface area contributed by atoms with Crippen molar-refractivity contribution in [3.8, 4) is 11.5 Å². The smallest absolute Gasteiger partial charge is 0.191 e. The van der Waals surface area contributed by atoms with Gasteiger partial charge in [-0.2, -0.15) is 11.8 Å². The second-order valence-electron chi connectivity index (χ2n) is 5.44. The van der Waals surface area contributed by atoms with Gasteiger partial charge in [-0.1, -0.05) is 6.07 Å². The standard InChI is InChI=1S/C17H27N3O2S.HI/c1-18-17(20-14-6-4-11-23-13-14)19-9-5-10-22-16-8-3-7-15(12-16)21-2;/h3,7-8,12,14H,4-6,9-11,13H2,1-2H3,(H2,18,19,20);1H. The Morgan fingerprint density at radius 1 is 1.38 bits per heavy atom. The molecule has 1 heterocycles. The van der Waals surface area contributed by atoms with E-state index in [0.717, 1.165) is 30.4 Å². The van der Waals surface area contributed by atoms with Crippen molar-refractivity contribution in [1.29, 1.82) is 0 Å². The fraction of sp³-hybridized carbons (Fsp3) is 0.588. The van der Waals surface area contributed by atoms with Crippen molar-refractivity contribution in [1.82, 2.24) is 10.6 Å². The van der Waals surface area contributed by atoms with Crippen molar-refractivity contribution in [2.24, 2.45) is 4.99 Å². The van der Waals surface area contributed by atoms with Crippen LogP contribution in [0, 0.1) is 0 Å². The first-order valence-electron chi connectivity index (χ1n) is 8.13. The third-order valence-corrected chi connectivity index (χ3v) is 4.86. The number of methoxy groups -OCH3 is 1. The van der Waals surface area contributed by atoms with Crippen LogP contribution in [0.25, 0.3) is 0 Å². The minimum atomic E-state index is 0. The Balaban J connectivity index is 0.00000288. The van der Waals surface area contributed by atoms with E-state index in [0.29, 0.717) is 12.6 Å². The molecule has 1 unspecified atom stereocenters. The van der Waals surface area contributed by atoms with Gasteiger partial charge in [0.1, 0.15) is 11.5 Å². The largest absolute Gasteiger partial charge is 0.497 e. The number of hydrogen-bond acceptors (Lipinski definition) is 4. The number of thioether (sulfide) groups is 1. The molecule has 1 fully saturated rings. The van der Waals surface area contributed by atoms with Gasteiger partial charge in [0, 0.05) is 31.5 Å². The molecule has 0 saturated carbocycles. The molecule has 136 valence electrons. The van der Waals surface area contributed by atoms with Crippen LogP contribution in [0.4, 0.5) is 0 Å². The second kappa shape index (κ2) is 12.5. The minimum absolute atomic E-state index is 0. The number of nitrogens with one attached hydrogen (secondary N) is 2. The summed E-state index contributed by atoms with van der Waals surface area (Å²) in [6.45, 7) is 1.50. The number of ether oxygens (including phenoxy) is 2. The summed E-state index contributed by atoms with van der Waals surface area (Å²) in [5.41, 5.74) is 0. The van der Waals surface area contributed by atoms with E-state index in [-0.39, 0.29) is 24.0 Å². The Morgan fingerprint density at radius 3 is 2.92 bits per heavy atom.